The number of nitrogens with one attached hydrogen (secondary N) is 2. The molecule has 116 valence electrons. The maximum atomic E-state index is 12.3. The van der Waals surface area contributed by atoms with Gasteiger partial charge >= 0.3 is 0 Å². The Labute approximate surface area is 126 Å². The van der Waals surface area contributed by atoms with Crippen LogP contribution < -0.4 is 16.4 Å². The molecule has 1 aromatic carbocycles. The fraction of sp³-hybridized carbons (Fsp3) is 0.500. The van der Waals surface area contributed by atoms with Crippen molar-refractivity contribution in [3.05, 3.63) is 35.9 Å². The summed E-state index contributed by atoms with van der Waals surface area (Å²) in [6.45, 7) is 8.93. The lowest BCUT2D eigenvalue weighted by Gasteiger charge is -2.28. The number of carbonyl (C=O) groups excluding carboxylic acids is 2. The minimum Gasteiger partial charge on any atom is -0.350 e. The number of rotatable bonds is 4. The van der Waals surface area contributed by atoms with Gasteiger partial charge in [-0.05, 0) is 40.2 Å². The summed E-state index contributed by atoms with van der Waals surface area (Å²) < 4.78 is 0. The van der Waals surface area contributed by atoms with E-state index in [0.717, 1.165) is 0 Å². The lowest BCUT2D eigenvalue weighted by molar-refractivity contribution is -0.132. The number of nitrogens with two attached hydrogens (primary N) is 1. The number of carbonyl (C=O) groups is 2. The molecule has 0 radical (unpaired) electrons. The quantitative estimate of drug-likeness (QED) is 0.781. The van der Waals surface area contributed by atoms with Crippen LogP contribution in [-0.2, 0) is 15.1 Å². The van der Waals surface area contributed by atoms with Crippen LogP contribution in [0.5, 0.6) is 0 Å². The molecule has 0 saturated carbocycles. The summed E-state index contributed by atoms with van der Waals surface area (Å²) in [7, 11) is 0. The van der Waals surface area contributed by atoms with Crippen molar-refractivity contribution in [2.24, 2.45) is 5.73 Å². The van der Waals surface area contributed by atoms with Crippen molar-refractivity contribution >= 4 is 11.8 Å². The molecule has 0 saturated heterocycles. The minimum atomic E-state index is -1.18. The van der Waals surface area contributed by atoms with Crippen molar-refractivity contribution in [2.45, 2.75) is 51.7 Å². The fourth-order valence-electron chi connectivity index (χ4n) is 1.81. The number of benzene rings is 1. The summed E-state index contributed by atoms with van der Waals surface area (Å²) >= 11 is 0. The SMILES string of the molecule is CC(NC(=O)C(C)(N)c1ccccc1)C(=O)NC(C)(C)C. The van der Waals surface area contributed by atoms with Crippen molar-refractivity contribution in [1.29, 1.82) is 0 Å². The van der Waals surface area contributed by atoms with Gasteiger partial charge in [0, 0.05) is 5.54 Å². The maximum absolute atomic E-state index is 12.3. The highest BCUT2D eigenvalue weighted by molar-refractivity contribution is 5.92. The highest BCUT2D eigenvalue weighted by atomic mass is 16.2. The first-order valence-electron chi connectivity index (χ1n) is 7.01. The van der Waals surface area contributed by atoms with Crippen LogP contribution in [-0.4, -0.2) is 23.4 Å². The first-order valence-corrected chi connectivity index (χ1v) is 7.01. The van der Waals surface area contributed by atoms with Gasteiger partial charge in [-0.25, -0.2) is 0 Å². The second-order valence-electron chi connectivity index (χ2n) is 6.50. The monoisotopic (exact) mass is 291 g/mol. The Bertz CT molecular complexity index is 504. The second kappa shape index (κ2) is 6.26. The van der Waals surface area contributed by atoms with Gasteiger partial charge in [-0.1, -0.05) is 30.3 Å². The molecule has 5 heteroatoms. The minimum absolute atomic E-state index is 0.236. The van der Waals surface area contributed by atoms with E-state index in [0.29, 0.717) is 5.56 Å². The van der Waals surface area contributed by atoms with E-state index >= 15 is 0 Å². The summed E-state index contributed by atoms with van der Waals surface area (Å²) in [6, 6.07) is 8.44. The largest absolute Gasteiger partial charge is 0.350 e. The third-order valence-corrected chi connectivity index (χ3v) is 3.08. The molecular formula is C16H25N3O2. The molecule has 2 amide bonds. The van der Waals surface area contributed by atoms with E-state index in [1.165, 1.54) is 0 Å². The first-order chi connectivity index (χ1) is 9.54. The van der Waals surface area contributed by atoms with Crippen LogP contribution >= 0.6 is 0 Å². The molecule has 4 N–H and O–H groups in total. The predicted molar refractivity (Wildman–Crippen MR) is 83.5 cm³/mol. The molecule has 0 aromatic heterocycles. The molecule has 0 aliphatic heterocycles. The molecule has 0 aliphatic carbocycles. The summed E-state index contributed by atoms with van der Waals surface area (Å²) in [5.74, 6) is -0.620. The van der Waals surface area contributed by atoms with E-state index in [-0.39, 0.29) is 17.4 Å². The average molecular weight is 291 g/mol. The topological polar surface area (TPSA) is 84.2 Å². The van der Waals surface area contributed by atoms with Gasteiger partial charge in [0.1, 0.15) is 11.6 Å². The van der Waals surface area contributed by atoms with Crippen LogP contribution in [0.25, 0.3) is 0 Å². The van der Waals surface area contributed by atoms with E-state index in [2.05, 4.69) is 10.6 Å². The molecule has 1 rings (SSSR count). The molecule has 0 fully saturated rings. The zero-order chi connectivity index (χ0) is 16.3. The van der Waals surface area contributed by atoms with E-state index in [1.807, 2.05) is 39.0 Å². The molecule has 0 heterocycles. The van der Waals surface area contributed by atoms with Gasteiger partial charge in [-0.2, -0.15) is 0 Å². The Morgan fingerprint density at radius 2 is 1.62 bits per heavy atom. The molecule has 0 spiro atoms. The van der Waals surface area contributed by atoms with Gasteiger partial charge in [-0.3, -0.25) is 9.59 Å². The average Bonchev–Trinajstić information content (AvgIpc) is 2.37. The Morgan fingerprint density at radius 1 is 1.10 bits per heavy atom. The third kappa shape index (κ3) is 4.86. The Hall–Kier alpha value is -1.88. The van der Waals surface area contributed by atoms with Crippen molar-refractivity contribution in [3.63, 3.8) is 0 Å². The van der Waals surface area contributed by atoms with Crippen molar-refractivity contribution in [2.75, 3.05) is 0 Å². The molecule has 21 heavy (non-hydrogen) atoms. The summed E-state index contributed by atoms with van der Waals surface area (Å²) in [4.78, 5) is 24.3. The Morgan fingerprint density at radius 3 is 2.10 bits per heavy atom. The smallest absolute Gasteiger partial charge is 0.245 e. The zero-order valence-electron chi connectivity index (χ0n) is 13.4. The maximum Gasteiger partial charge on any atom is 0.245 e. The highest BCUT2D eigenvalue weighted by Crippen LogP contribution is 2.17. The summed E-state index contributed by atoms with van der Waals surface area (Å²) in [6.07, 6.45) is 0. The predicted octanol–water partition coefficient (Wildman–Crippen LogP) is 1.28. The van der Waals surface area contributed by atoms with Crippen LogP contribution in [0.3, 0.4) is 0 Å². The van der Waals surface area contributed by atoms with Crippen LogP contribution in [0.1, 0.15) is 40.2 Å². The van der Waals surface area contributed by atoms with Crippen LogP contribution in [0.4, 0.5) is 0 Å². The normalized spacial score (nSPS) is 15.7. The zero-order valence-corrected chi connectivity index (χ0v) is 13.4. The van der Waals surface area contributed by atoms with Crippen molar-refractivity contribution < 1.29 is 9.59 Å². The van der Waals surface area contributed by atoms with E-state index < -0.39 is 11.6 Å². The number of amides is 2. The third-order valence-electron chi connectivity index (χ3n) is 3.08. The standard InChI is InChI=1S/C16H25N3O2/c1-11(13(20)19-15(2,3)4)18-14(21)16(5,17)12-9-7-6-8-10-12/h6-11H,17H2,1-5H3,(H,18,21)(H,19,20). The first kappa shape index (κ1) is 17.2. The molecule has 0 aliphatic rings. The van der Waals surface area contributed by atoms with Crippen molar-refractivity contribution in [3.8, 4) is 0 Å². The van der Waals surface area contributed by atoms with Gasteiger partial charge in [0.25, 0.3) is 0 Å². The van der Waals surface area contributed by atoms with Gasteiger partial charge in [-0.15, -0.1) is 0 Å². The van der Waals surface area contributed by atoms with Crippen LogP contribution in [0.2, 0.25) is 0 Å². The molecule has 0 bridgehead atoms. The van der Waals surface area contributed by atoms with Crippen molar-refractivity contribution in [1.82, 2.24) is 10.6 Å². The van der Waals surface area contributed by atoms with E-state index in [9.17, 15) is 9.59 Å². The fourth-order valence-corrected chi connectivity index (χ4v) is 1.81. The molecule has 2 atom stereocenters. The lowest BCUT2D eigenvalue weighted by atomic mass is 9.92. The number of hydrogen-bond acceptors (Lipinski definition) is 3. The summed E-state index contributed by atoms with van der Waals surface area (Å²) in [5, 5.41) is 5.49. The molecule has 2 unspecified atom stereocenters. The molecule has 1 aromatic rings. The molecular weight excluding hydrogens is 266 g/mol. The van der Waals surface area contributed by atoms with Gasteiger partial charge in [0.2, 0.25) is 11.8 Å². The number of hydrogen-bond donors (Lipinski definition) is 3. The van der Waals surface area contributed by atoms with Crippen LogP contribution in [0, 0.1) is 0 Å². The van der Waals surface area contributed by atoms with Gasteiger partial charge in [0.05, 0.1) is 0 Å². The second-order valence-corrected chi connectivity index (χ2v) is 6.50. The highest BCUT2D eigenvalue weighted by Gasteiger charge is 2.32. The molecule has 5 nitrogen and oxygen atoms in total. The summed E-state index contributed by atoms with van der Waals surface area (Å²) in [5.41, 5.74) is 5.28. The van der Waals surface area contributed by atoms with E-state index in [4.69, 9.17) is 5.73 Å². The van der Waals surface area contributed by atoms with Crippen LogP contribution in [0.15, 0.2) is 30.3 Å². The Balaban J connectivity index is 2.74. The van der Waals surface area contributed by atoms with Gasteiger partial charge < -0.3 is 16.4 Å². The Kier molecular flexibility index (Phi) is 5.12. The lowest BCUT2D eigenvalue weighted by Crippen LogP contribution is -2.56. The van der Waals surface area contributed by atoms with Gasteiger partial charge in [0.15, 0.2) is 0 Å². The van der Waals surface area contributed by atoms with E-state index in [1.54, 1.807) is 26.0 Å².